The molecular weight excluding hydrogens is 361 g/mol. The van der Waals surface area contributed by atoms with E-state index in [1.807, 2.05) is 0 Å². The molecule has 1 fully saturated rings. The fraction of sp³-hybridized carbons (Fsp3) is 0.280. The largest absolute Gasteiger partial charge is 0.373 e. The molecule has 3 heteroatoms. The van der Waals surface area contributed by atoms with Crippen molar-refractivity contribution in [3.63, 3.8) is 0 Å². The Hall–Kier alpha value is -1.99. The van der Waals surface area contributed by atoms with Crippen molar-refractivity contribution in [2.75, 3.05) is 13.1 Å². The van der Waals surface area contributed by atoms with Crippen molar-refractivity contribution in [3.05, 3.63) is 90.5 Å². The van der Waals surface area contributed by atoms with Crippen LogP contribution in [0.4, 0.5) is 0 Å². The molecule has 1 heterocycles. The van der Waals surface area contributed by atoms with Gasteiger partial charge in [0.2, 0.25) is 0 Å². The highest BCUT2D eigenvalue weighted by atomic mass is 31.1. The highest BCUT2D eigenvalue weighted by Gasteiger charge is 2.24. The summed E-state index contributed by atoms with van der Waals surface area (Å²) in [4.78, 5) is 2.54. The fourth-order valence-corrected chi connectivity index (χ4v) is 6.56. The molecule has 0 radical (unpaired) electrons. The second kappa shape index (κ2) is 9.01. The molecule has 0 amide bonds. The van der Waals surface area contributed by atoms with Crippen molar-refractivity contribution < 1.29 is 4.74 Å². The van der Waals surface area contributed by atoms with Crippen LogP contribution in [-0.4, -0.2) is 30.2 Å². The van der Waals surface area contributed by atoms with Gasteiger partial charge in [-0.15, -0.1) is 0 Å². The van der Waals surface area contributed by atoms with Gasteiger partial charge in [-0.3, -0.25) is 4.90 Å². The average Bonchev–Trinajstić information content (AvgIpc) is 2.70. The second-order valence-electron chi connectivity index (χ2n) is 7.59. The van der Waals surface area contributed by atoms with E-state index in [9.17, 15) is 0 Å². The zero-order chi connectivity index (χ0) is 19.3. The van der Waals surface area contributed by atoms with E-state index in [0.717, 1.165) is 19.6 Å². The van der Waals surface area contributed by atoms with Gasteiger partial charge in [-0.1, -0.05) is 84.9 Å². The van der Waals surface area contributed by atoms with Crippen LogP contribution in [0.3, 0.4) is 0 Å². The van der Waals surface area contributed by atoms with Gasteiger partial charge in [0.05, 0.1) is 12.2 Å². The van der Waals surface area contributed by atoms with Crippen LogP contribution in [0.25, 0.3) is 0 Å². The van der Waals surface area contributed by atoms with Crippen molar-refractivity contribution in [1.82, 2.24) is 4.90 Å². The third-order valence-electron chi connectivity index (χ3n) is 5.15. The first-order valence-corrected chi connectivity index (χ1v) is 11.4. The van der Waals surface area contributed by atoms with E-state index in [1.165, 1.54) is 21.5 Å². The highest BCUT2D eigenvalue weighted by Crippen LogP contribution is 2.34. The van der Waals surface area contributed by atoms with Crippen LogP contribution in [0.2, 0.25) is 0 Å². The molecule has 1 aliphatic heterocycles. The van der Waals surface area contributed by atoms with Crippen LogP contribution in [0.15, 0.2) is 84.9 Å². The Morgan fingerprint density at radius 1 is 0.750 bits per heavy atom. The van der Waals surface area contributed by atoms with E-state index in [4.69, 9.17) is 4.74 Å². The molecule has 0 saturated carbocycles. The Kier molecular flexibility index (Phi) is 6.22. The van der Waals surface area contributed by atoms with Crippen LogP contribution < -0.4 is 15.9 Å². The molecule has 1 unspecified atom stereocenters. The second-order valence-corrected chi connectivity index (χ2v) is 9.77. The molecule has 1 aliphatic rings. The first kappa shape index (κ1) is 19.3. The number of rotatable bonds is 5. The molecule has 2 atom stereocenters. The van der Waals surface area contributed by atoms with Crippen molar-refractivity contribution in [2.45, 2.75) is 32.6 Å². The van der Waals surface area contributed by atoms with Crippen molar-refractivity contribution in [2.24, 2.45) is 0 Å². The Morgan fingerprint density at radius 3 is 1.82 bits per heavy atom. The smallest absolute Gasteiger partial charge is 0.0678 e. The van der Waals surface area contributed by atoms with Crippen LogP contribution >= 0.6 is 7.92 Å². The van der Waals surface area contributed by atoms with E-state index < -0.39 is 7.92 Å². The Balaban J connectivity index is 1.72. The van der Waals surface area contributed by atoms with Crippen LogP contribution in [0.5, 0.6) is 0 Å². The van der Waals surface area contributed by atoms with Gasteiger partial charge in [-0.05, 0) is 43.2 Å². The third kappa shape index (κ3) is 4.52. The Morgan fingerprint density at radius 2 is 1.25 bits per heavy atom. The molecule has 0 spiro atoms. The van der Waals surface area contributed by atoms with Gasteiger partial charge in [0.25, 0.3) is 0 Å². The van der Waals surface area contributed by atoms with Crippen molar-refractivity contribution in [3.8, 4) is 0 Å². The normalized spacial score (nSPS) is 20.4. The quantitative estimate of drug-likeness (QED) is 0.611. The minimum Gasteiger partial charge on any atom is -0.373 e. The maximum absolute atomic E-state index is 5.93. The molecule has 4 rings (SSSR count). The first-order valence-electron chi connectivity index (χ1n) is 10.1. The van der Waals surface area contributed by atoms with Gasteiger partial charge in [0.1, 0.15) is 0 Å². The molecule has 3 aromatic rings. The molecule has 0 aromatic heterocycles. The van der Waals surface area contributed by atoms with E-state index >= 15 is 0 Å². The SMILES string of the molecule is CC1CN(Cc2ccccc2P(c2ccccc2)c2ccccc2)C[C@@H](C)O1. The summed E-state index contributed by atoms with van der Waals surface area (Å²) >= 11 is 0. The molecule has 3 aromatic carbocycles. The maximum Gasteiger partial charge on any atom is 0.0678 e. The lowest BCUT2D eigenvalue weighted by atomic mass is 10.1. The van der Waals surface area contributed by atoms with Crippen LogP contribution in [0, 0.1) is 0 Å². The molecule has 28 heavy (non-hydrogen) atoms. The molecule has 144 valence electrons. The lowest BCUT2D eigenvalue weighted by molar-refractivity contribution is -0.0704. The monoisotopic (exact) mass is 389 g/mol. The topological polar surface area (TPSA) is 12.5 Å². The fourth-order valence-electron chi connectivity index (χ4n) is 4.10. The van der Waals surface area contributed by atoms with E-state index in [1.54, 1.807) is 0 Å². The van der Waals surface area contributed by atoms with E-state index in [-0.39, 0.29) is 0 Å². The summed E-state index contributed by atoms with van der Waals surface area (Å²) in [6, 6.07) is 30.9. The van der Waals surface area contributed by atoms with Gasteiger partial charge in [-0.25, -0.2) is 0 Å². The summed E-state index contributed by atoms with van der Waals surface area (Å²) in [6.07, 6.45) is 0.585. The molecule has 2 nitrogen and oxygen atoms in total. The number of morpholine rings is 1. The summed E-state index contributed by atoms with van der Waals surface area (Å²) in [5, 5.41) is 4.27. The zero-order valence-electron chi connectivity index (χ0n) is 16.7. The standard InChI is InChI=1S/C25H28NOP/c1-20-17-26(18-21(2)27-20)19-22-11-9-10-16-25(22)28(23-12-5-3-6-13-23)24-14-7-4-8-15-24/h3-16,20-21H,17-19H2,1-2H3/t20-,21?/m1/s1. The molecule has 1 saturated heterocycles. The Bertz CT molecular complexity index is 834. The minimum atomic E-state index is -0.574. The van der Waals surface area contributed by atoms with Gasteiger partial charge in [0, 0.05) is 19.6 Å². The van der Waals surface area contributed by atoms with Gasteiger partial charge >= 0.3 is 0 Å². The summed E-state index contributed by atoms with van der Waals surface area (Å²) in [7, 11) is -0.574. The number of hydrogen-bond acceptors (Lipinski definition) is 2. The summed E-state index contributed by atoms with van der Waals surface area (Å²) in [5.74, 6) is 0. The van der Waals surface area contributed by atoms with Gasteiger partial charge < -0.3 is 4.74 Å². The van der Waals surface area contributed by atoms with Gasteiger partial charge in [-0.2, -0.15) is 0 Å². The van der Waals surface area contributed by atoms with Crippen molar-refractivity contribution >= 4 is 23.8 Å². The van der Waals surface area contributed by atoms with E-state index in [2.05, 4.69) is 104 Å². The number of hydrogen-bond donors (Lipinski definition) is 0. The summed E-state index contributed by atoms with van der Waals surface area (Å²) in [6.45, 7) is 7.32. The number of nitrogens with zero attached hydrogens (tertiary/aromatic N) is 1. The lowest BCUT2D eigenvalue weighted by Crippen LogP contribution is -2.45. The summed E-state index contributed by atoms with van der Waals surface area (Å²) in [5.41, 5.74) is 1.43. The number of ether oxygens (including phenoxy) is 1. The molecule has 0 aliphatic carbocycles. The van der Waals surface area contributed by atoms with Crippen molar-refractivity contribution in [1.29, 1.82) is 0 Å². The lowest BCUT2D eigenvalue weighted by Gasteiger charge is -2.36. The first-order chi connectivity index (χ1) is 13.7. The summed E-state index contributed by atoms with van der Waals surface area (Å²) < 4.78 is 5.93. The predicted molar refractivity (Wildman–Crippen MR) is 120 cm³/mol. The highest BCUT2D eigenvalue weighted by molar-refractivity contribution is 7.79. The van der Waals surface area contributed by atoms with E-state index in [0.29, 0.717) is 12.2 Å². The molecular formula is C25H28NOP. The third-order valence-corrected chi connectivity index (χ3v) is 7.70. The van der Waals surface area contributed by atoms with Gasteiger partial charge in [0.15, 0.2) is 0 Å². The average molecular weight is 389 g/mol. The molecule has 0 N–H and O–H groups in total. The Labute approximate surface area is 169 Å². The minimum absolute atomic E-state index is 0.292. The number of benzene rings is 3. The van der Waals surface area contributed by atoms with Crippen LogP contribution in [0.1, 0.15) is 19.4 Å². The zero-order valence-corrected chi connectivity index (χ0v) is 17.6. The predicted octanol–water partition coefficient (Wildman–Crippen LogP) is 4.05. The van der Waals surface area contributed by atoms with Crippen LogP contribution in [-0.2, 0) is 11.3 Å². The maximum atomic E-state index is 5.93. The molecule has 0 bridgehead atoms.